The fourth-order valence-electron chi connectivity index (χ4n) is 3.28. The van der Waals surface area contributed by atoms with Gasteiger partial charge in [0.15, 0.2) is 0 Å². The molecule has 0 amide bonds. The fourth-order valence-corrected chi connectivity index (χ4v) is 3.28. The number of anilines is 3. The molecule has 3 heterocycles. The molecule has 152 valence electrons. The Bertz CT molecular complexity index is 1090. The summed E-state index contributed by atoms with van der Waals surface area (Å²) in [6, 6.07) is 11.7. The molecule has 2 aromatic heterocycles. The Morgan fingerprint density at radius 1 is 1.13 bits per heavy atom. The highest BCUT2D eigenvalue weighted by molar-refractivity contribution is 5.67. The third kappa shape index (κ3) is 4.14. The van der Waals surface area contributed by atoms with E-state index in [0.717, 1.165) is 31.9 Å². The van der Waals surface area contributed by atoms with Crippen LogP contribution in [0.2, 0.25) is 0 Å². The molecule has 8 nitrogen and oxygen atoms in total. The fraction of sp³-hybridized carbons (Fsp3) is 0.238. The molecular formula is C21H20FN7O. The van der Waals surface area contributed by atoms with Gasteiger partial charge in [-0.05, 0) is 30.3 Å². The van der Waals surface area contributed by atoms with Crippen molar-refractivity contribution >= 4 is 17.3 Å². The van der Waals surface area contributed by atoms with E-state index >= 15 is 0 Å². The third-order valence-corrected chi connectivity index (χ3v) is 4.80. The molecule has 0 bridgehead atoms. The van der Waals surface area contributed by atoms with Crippen LogP contribution in [0.1, 0.15) is 5.56 Å². The maximum Gasteiger partial charge on any atom is 0.239 e. The minimum atomic E-state index is -0.561. The standard InChI is InChI=1S/C21H20FN7O/c1-30-21-18(29-8-6-24-7-9-29)4-5-19(28-21)27-20-11-17(25-13-26-20)14-2-3-16(22)15(10-14)12-23/h2-5,10-11,13,24H,6-9H2,1H3,(H,25,26,27,28). The molecule has 0 aliphatic carbocycles. The second-order valence-corrected chi connectivity index (χ2v) is 6.68. The molecule has 0 spiro atoms. The first-order chi connectivity index (χ1) is 14.7. The van der Waals surface area contributed by atoms with E-state index in [1.165, 1.54) is 18.5 Å². The second-order valence-electron chi connectivity index (χ2n) is 6.68. The van der Waals surface area contributed by atoms with E-state index in [-0.39, 0.29) is 5.56 Å². The number of pyridine rings is 1. The van der Waals surface area contributed by atoms with E-state index in [2.05, 4.69) is 30.5 Å². The summed E-state index contributed by atoms with van der Waals surface area (Å²) in [7, 11) is 1.60. The van der Waals surface area contributed by atoms with Crippen molar-refractivity contribution in [3.05, 3.63) is 54.1 Å². The number of piperazine rings is 1. The number of ether oxygens (including phenoxy) is 1. The van der Waals surface area contributed by atoms with Gasteiger partial charge in [0, 0.05) is 37.8 Å². The van der Waals surface area contributed by atoms with Gasteiger partial charge in [0.25, 0.3) is 0 Å². The van der Waals surface area contributed by atoms with Gasteiger partial charge in [-0.1, -0.05) is 0 Å². The normalized spacial score (nSPS) is 13.6. The number of methoxy groups -OCH3 is 1. The first kappa shape index (κ1) is 19.5. The summed E-state index contributed by atoms with van der Waals surface area (Å²) in [5.74, 6) is 1.07. The molecule has 1 aromatic carbocycles. The van der Waals surface area contributed by atoms with E-state index in [4.69, 9.17) is 10.00 Å². The van der Waals surface area contributed by atoms with Gasteiger partial charge in [-0.2, -0.15) is 10.2 Å². The van der Waals surface area contributed by atoms with Gasteiger partial charge in [0.1, 0.15) is 35.5 Å². The van der Waals surface area contributed by atoms with E-state index in [0.29, 0.717) is 28.8 Å². The van der Waals surface area contributed by atoms with Crippen molar-refractivity contribution < 1.29 is 9.13 Å². The van der Waals surface area contributed by atoms with E-state index < -0.39 is 5.82 Å². The van der Waals surface area contributed by atoms with Gasteiger partial charge in [-0.25, -0.2) is 14.4 Å². The van der Waals surface area contributed by atoms with Crippen molar-refractivity contribution in [1.29, 1.82) is 5.26 Å². The minimum absolute atomic E-state index is 0.0319. The summed E-state index contributed by atoms with van der Waals surface area (Å²) >= 11 is 0. The highest BCUT2D eigenvalue weighted by atomic mass is 19.1. The van der Waals surface area contributed by atoms with Crippen molar-refractivity contribution in [3.8, 4) is 23.2 Å². The number of hydrogen-bond donors (Lipinski definition) is 2. The van der Waals surface area contributed by atoms with Crippen molar-refractivity contribution in [1.82, 2.24) is 20.3 Å². The van der Waals surface area contributed by atoms with Crippen molar-refractivity contribution in [3.63, 3.8) is 0 Å². The second kappa shape index (κ2) is 8.71. The molecule has 1 saturated heterocycles. The van der Waals surface area contributed by atoms with Gasteiger partial charge in [0.05, 0.1) is 18.4 Å². The summed E-state index contributed by atoms with van der Waals surface area (Å²) in [4.78, 5) is 15.2. The Morgan fingerprint density at radius 2 is 1.97 bits per heavy atom. The Labute approximate surface area is 173 Å². The predicted octanol–water partition coefficient (Wildman–Crippen LogP) is 2.71. The molecule has 9 heteroatoms. The number of hydrogen-bond acceptors (Lipinski definition) is 8. The number of nitrogens with one attached hydrogen (secondary N) is 2. The number of nitriles is 1. The lowest BCUT2D eigenvalue weighted by Crippen LogP contribution is -2.43. The maximum atomic E-state index is 13.6. The molecule has 0 atom stereocenters. The maximum absolute atomic E-state index is 13.6. The lowest BCUT2D eigenvalue weighted by atomic mass is 10.1. The van der Waals surface area contributed by atoms with E-state index in [1.54, 1.807) is 19.2 Å². The van der Waals surface area contributed by atoms with Gasteiger partial charge < -0.3 is 20.3 Å². The molecule has 0 radical (unpaired) electrons. The number of benzene rings is 1. The van der Waals surface area contributed by atoms with Gasteiger partial charge in [-0.15, -0.1) is 0 Å². The van der Waals surface area contributed by atoms with Crippen molar-refractivity contribution in [2.75, 3.05) is 43.5 Å². The molecule has 30 heavy (non-hydrogen) atoms. The topological polar surface area (TPSA) is 99.0 Å². The van der Waals surface area contributed by atoms with Crippen LogP contribution in [0.25, 0.3) is 11.3 Å². The SMILES string of the molecule is COc1nc(Nc2cc(-c3ccc(F)c(C#N)c3)ncn2)ccc1N1CCNCC1. The Hall–Kier alpha value is -3.77. The van der Waals surface area contributed by atoms with Crippen LogP contribution in [0, 0.1) is 17.1 Å². The summed E-state index contributed by atoms with van der Waals surface area (Å²) < 4.78 is 19.1. The van der Waals surface area contributed by atoms with Crippen LogP contribution < -0.4 is 20.3 Å². The van der Waals surface area contributed by atoms with Crippen LogP contribution in [0.15, 0.2) is 42.7 Å². The number of nitrogens with zero attached hydrogens (tertiary/aromatic N) is 5. The predicted molar refractivity (Wildman–Crippen MR) is 111 cm³/mol. The smallest absolute Gasteiger partial charge is 0.239 e. The summed E-state index contributed by atoms with van der Waals surface area (Å²) in [6.07, 6.45) is 1.40. The molecule has 1 fully saturated rings. The Kier molecular flexibility index (Phi) is 5.68. The first-order valence-corrected chi connectivity index (χ1v) is 9.48. The molecule has 2 N–H and O–H groups in total. The summed E-state index contributed by atoms with van der Waals surface area (Å²) in [5.41, 5.74) is 2.10. The van der Waals surface area contributed by atoms with Crippen LogP contribution in [-0.2, 0) is 0 Å². The van der Waals surface area contributed by atoms with Gasteiger partial charge in [-0.3, -0.25) is 0 Å². The zero-order valence-corrected chi connectivity index (χ0v) is 16.4. The highest BCUT2D eigenvalue weighted by Crippen LogP contribution is 2.29. The largest absolute Gasteiger partial charge is 0.479 e. The summed E-state index contributed by atoms with van der Waals surface area (Å²) in [5, 5.41) is 15.5. The van der Waals surface area contributed by atoms with Crippen LogP contribution in [-0.4, -0.2) is 48.2 Å². The van der Waals surface area contributed by atoms with Gasteiger partial charge in [0.2, 0.25) is 5.88 Å². The third-order valence-electron chi connectivity index (χ3n) is 4.80. The average molecular weight is 405 g/mol. The Morgan fingerprint density at radius 3 is 2.73 bits per heavy atom. The highest BCUT2D eigenvalue weighted by Gasteiger charge is 2.16. The van der Waals surface area contributed by atoms with Crippen LogP contribution >= 0.6 is 0 Å². The lowest BCUT2D eigenvalue weighted by Gasteiger charge is -2.30. The summed E-state index contributed by atoms with van der Waals surface area (Å²) in [6.45, 7) is 3.62. The zero-order chi connectivity index (χ0) is 20.9. The lowest BCUT2D eigenvalue weighted by molar-refractivity contribution is 0.397. The molecule has 0 unspecified atom stereocenters. The molecule has 4 rings (SSSR count). The van der Waals surface area contributed by atoms with Crippen molar-refractivity contribution in [2.24, 2.45) is 0 Å². The first-order valence-electron chi connectivity index (χ1n) is 9.48. The molecule has 3 aromatic rings. The molecule has 1 aliphatic rings. The molecule has 1 aliphatic heterocycles. The molecule has 0 saturated carbocycles. The van der Waals surface area contributed by atoms with Crippen LogP contribution in [0.3, 0.4) is 0 Å². The quantitative estimate of drug-likeness (QED) is 0.669. The van der Waals surface area contributed by atoms with Gasteiger partial charge >= 0.3 is 0 Å². The zero-order valence-electron chi connectivity index (χ0n) is 16.4. The molecular weight excluding hydrogens is 385 g/mol. The monoisotopic (exact) mass is 405 g/mol. The van der Waals surface area contributed by atoms with Crippen LogP contribution in [0.4, 0.5) is 21.7 Å². The van der Waals surface area contributed by atoms with E-state index in [1.807, 2.05) is 18.2 Å². The number of aromatic nitrogens is 3. The van der Waals surface area contributed by atoms with Crippen LogP contribution in [0.5, 0.6) is 5.88 Å². The number of halogens is 1. The minimum Gasteiger partial charge on any atom is -0.479 e. The number of rotatable bonds is 5. The Balaban J connectivity index is 1.57. The van der Waals surface area contributed by atoms with E-state index in [9.17, 15) is 4.39 Å². The van der Waals surface area contributed by atoms with Crippen molar-refractivity contribution in [2.45, 2.75) is 0 Å². The average Bonchev–Trinajstić information content (AvgIpc) is 2.80.